The van der Waals surface area contributed by atoms with Gasteiger partial charge in [-0.1, -0.05) is 18.2 Å². The maximum atomic E-state index is 13.0. The molecule has 140 valence electrons. The fourth-order valence-electron chi connectivity index (χ4n) is 4.17. The van der Waals surface area contributed by atoms with E-state index in [1.807, 2.05) is 35.2 Å². The number of ether oxygens (including phenoxy) is 2. The maximum absolute atomic E-state index is 13.0. The summed E-state index contributed by atoms with van der Waals surface area (Å²) in [5.74, 6) is 0.898. The van der Waals surface area contributed by atoms with Crippen molar-refractivity contribution in [2.75, 3.05) is 13.1 Å². The van der Waals surface area contributed by atoms with Gasteiger partial charge < -0.3 is 20.1 Å². The summed E-state index contributed by atoms with van der Waals surface area (Å²) in [6.07, 6.45) is 4.64. The molecule has 2 saturated heterocycles. The predicted octanol–water partition coefficient (Wildman–Crippen LogP) is 1.87. The molecule has 2 amide bonds. The van der Waals surface area contributed by atoms with Crippen molar-refractivity contribution in [3.05, 3.63) is 30.3 Å². The van der Waals surface area contributed by atoms with E-state index < -0.39 is 11.7 Å². The van der Waals surface area contributed by atoms with E-state index in [1.165, 1.54) is 0 Å². The van der Waals surface area contributed by atoms with Gasteiger partial charge in [-0.25, -0.2) is 0 Å². The standard InChI is InChI=1S/C20H26N2O4/c21-18(23)17-7-6-16(25-17)14-8-12-22(13-9-14)19(24)20(10-11-20)26-15-4-2-1-3-5-15/h1-5,14,16-17H,6-13H2,(H2,21,23)/t16-,17+/m0/s1. The molecule has 2 atom stereocenters. The van der Waals surface area contributed by atoms with Crippen molar-refractivity contribution < 1.29 is 19.1 Å². The lowest BCUT2D eigenvalue weighted by Crippen LogP contribution is -2.48. The molecule has 0 bridgehead atoms. The molecule has 1 saturated carbocycles. The fourth-order valence-corrected chi connectivity index (χ4v) is 4.17. The number of primary amides is 1. The average Bonchev–Trinajstić information content (AvgIpc) is 3.26. The van der Waals surface area contributed by atoms with Gasteiger partial charge in [0.1, 0.15) is 11.9 Å². The number of carbonyl (C=O) groups excluding carboxylic acids is 2. The highest BCUT2D eigenvalue weighted by atomic mass is 16.5. The van der Waals surface area contributed by atoms with Crippen LogP contribution < -0.4 is 10.5 Å². The molecule has 26 heavy (non-hydrogen) atoms. The first kappa shape index (κ1) is 17.3. The number of hydrogen-bond donors (Lipinski definition) is 1. The number of benzene rings is 1. The molecule has 3 fully saturated rings. The van der Waals surface area contributed by atoms with E-state index in [2.05, 4.69) is 0 Å². The van der Waals surface area contributed by atoms with Gasteiger partial charge in [0, 0.05) is 25.9 Å². The topological polar surface area (TPSA) is 81.9 Å². The lowest BCUT2D eigenvalue weighted by Gasteiger charge is -2.36. The Morgan fingerprint density at radius 3 is 2.35 bits per heavy atom. The highest BCUT2D eigenvalue weighted by Crippen LogP contribution is 2.43. The minimum atomic E-state index is -0.658. The highest BCUT2D eigenvalue weighted by molar-refractivity contribution is 5.88. The Balaban J connectivity index is 1.31. The fraction of sp³-hybridized carbons (Fsp3) is 0.600. The molecule has 0 unspecified atom stereocenters. The third-order valence-corrected chi connectivity index (χ3v) is 5.87. The molecular formula is C20H26N2O4. The van der Waals surface area contributed by atoms with Gasteiger partial charge in [0.15, 0.2) is 5.60 Å². The van der Waals surface area contributed by atoms with Crippen LogP contribution in [-0.2, 0) is 14.3 Å². The van der Waals surface area contributed by atoms with E-state index in [9.17, 15) is 9.59 Å². The van der Waals surface area contributed by atoms with Crippen LogP contribution in [-0.4, -0.2) is 47.6 Å². The molecule has 1 aromatic rings. The smallest absolute Gasteiger partial charge is 0.266 e. The number of rotatable bonds is 5. The van der Waals surface area contributed by atoms with Gasteiger partial charge >= 0.3 is 0 Å². The van der Waals surface area contributed by atoms with Gasteiger partial charge in [0.05, 0.1) is 6.10 Å². The molecule has 2 aliphatic heterocycles. The second-order valence-corrected chi connectivity index (χ2v) is 7.68. The monoisotopic (exact) mass is 358 g/mol. The average molecular weight is 358 g/mol. The second kappa shape index (κ2) is 6.91. The summed E-state index contributed by atoms with van der Waals surface area (Å²) < 4.78 is 11.8. The first-order valence-corrected chi connectivity index (χ1v) is 9.56. The van der Waals surface area contributed by atoms with Gasteiger partial charge in [-0.05, 0) is 43.7 Å². The molecule has 1 aliphatic carbocycles. The molecular weight excluding hydrogens is 332 g/mol. The van der Waals surface area contributed by atoms with Crippen LogP contribution in [0.4, 0.5) is 0 Å². The zero-order valence-corrected chi connectivity index (χ0v) is 14.9. The number of para-hydroxylation sites is 1. The van der Waals surface area contributed by atoms with E-state index in [1.54, 1.807) is 0 Å². The molecule has 1 aromatic carbocycles. The molecule has 6 nitrogen and oxygen atoms in total. The second-order valence-electron chi connectivity index (χ2n) is 7.68. The SMILES string of the molecule is NC(=O)[C@H]1CC[C@@H](C2CCN(C(=O)C3(Oc4ccccc4)CC3)CC2)O1. The molecule has 0 aromatic heterocycles. The molecule has 2 heterocycles. The number of nitrogens with zero attached hydrogens (tertiary/aromatic N) is 1. The van der Waals surface area contributed by atoms with Crippen LogP contribution in [0.2, 0.25) is 0 Å². The van der Waals surface area contributed by atoms with Gasteiger partial charge in [0.2, 0.25) is 5.91 Å². The third-order valence-electron chi connectivity index (χ3n) is 5.87. The molecule has 3 aliphatic rings. The lowest BCUT2D eigenvalue weighted by atomic mass is 9.89. The van der Waals surface area contributed by atoms with E-state index in [4.69, 9.17) is 15.2 Å². The van der Waals surface area contributed by atoms with Crippen LogP contribution in [0.15, 0.2) is 30.3 Å². The van der Waals surface area contributed by atoms with Crippen LogP contribution in [0.5, 0.6) is 5.75 Å². The number of likely N-dealkylation sites (tertiary alicyclic amines) is 1. The Morgan fingerprint density at radius 1 is 1.08 bits per heavy atom. The van der Waals surface area contributed by atoms with Gasteiger partial charge in [-0.3, -0.25) is 9.59 Å². The zero-order valence-electron chi connectivity index (χ0n) is 14.9. The van der Waals surface area contributed by atoms with Crippen LogP contribution in [0.3, 0.4) is 0 Å². The summed E-state index contributed by atoms with van der Waals surface area (Å²) in [6.45, 7) is 1.45. The zero-order chi connectivity index (χ0) is 18.1. The predicted molar refractivity (Wildman–Crippen MR) is 95.4 cm³/mol. The summed E-state index contributed by atoms with van der Waals surface area (Å²) >= 11 is 0. The van der Waals surface area contributed by atoms with E-state index >= 15 is 0 Å². The van der Waals surface area contributed by atoms with Crippen molar-refractivity contribution in [1.82, 2.24) is 4.90 Å². The molecule has 4 rings (SSSR count). The van der Waals surface area contributed by atoms with Gasteiger partial charge in [0.25, 0.3) is 5.91 Å². The summed E-state index contributed by atoms with van der Waals surface area (Å²) in [4.78, 5) is 26.2. The van der Waals surface area contributed by atoms with Crippen molar-refractivity contribution in [3.63, 3.8) is 0 Å². The summed E-state index contributed by atoms with van der Waals surface area (Å²) in [7, 11) is 0. The van der Waals surface area contributed by atoms with E-state index in [-0.39, 0.29) is 17.9 Å². The first-order valence-electron chi connectivity index (χ1n) is 9.56. The normalized spacial score (nSPS) is 27.9. The molecule has 6 heteroatoms. The van der Waals surface area contributed by atoms with Crippen molar-refractivity contribution in [2.45, 2.75) is 56.3 Å². The number of nitrogens with two attached hydrogens (primary N) is 1. The Hall–Kier alpha value is -2.08. The largest absolute Gasteiger partial charge is 0.477 e. The summed E-state index contributed by atoms with van der Waals surface area (Å²) in [6, 6.07) is 9.57. The third kappa shape index (κ3) is 3.43. The Labute approximate surface area is 153 Å². The lowest BCUT2D eigenvalue weighted by molar-refractivity contribution is -0.143. The van der Waals surface area contributed by atoms with Crippen LogP contribution in [0.1, 0.15) is 38.5 Å². The number of hydrogen-bond acceptors (Lipinski definition) is 4. The quantitative estimate of drug-likeness (QED) is 0.871. The van der Waals surface area contributed by atoms with Gasteiger partial charge in [-0.15, -0.1) is 0 Å². The van der Waals surface area contributed by atoms with Crippen molar-refractivity contribution in [1.29, 1.82) is 0 Å². The summed E-state index contributed by atoms with van der Waals surface area (Å²) in [5.41, 5.74) is 4.68. The Kier molecular flexibility index (Phi) is 4.61. The van der Waals surface area contributed by atoms with Crippen LogP contribution in [0, 0.1) is 5.92 Å². The minimum Gasteiger partial charge on any atom is -0.477 e. The summed E-state index contributed by atoms with van der Waals surface area (Å²) in [5, 5.41) is 0. The molecule has 2 N–H and O–H groups in total. The molecule has 0 radical (unpaired) electrons. The van der Waals surface area contributed by atoms with Gasteiger partial charge in [-0.2, -0.15) is 0 Å². The number of piperidine rings is 1. The highest BCUT2D eigenvalue weighted by Gasteiger charge is 2.55. The minimum absolute atomic E-state index is 0.0974. The van der Waals surface area contributed by atoms with Crippen molar-refractivity contribution >= 4 is 11.8 Å². The number of carbonyl (C=O) groups is 2. The Bertz CT molecular complexity index is 666. The number of amides is 2. The Morgan fingerprint density at radius 2 is 1.77 bits per heavy atom. The van der Waals surface area contributed by atoms with Crippen LogP contribution in [0.25, 0.3) is 0 Å². The van der Waals surface area contributed by atoms with E-state index in [0.717, 1.165) is 50.9 Å². The van der Waals surface area contributed by atoms with Crippen LogP contribution >= 0.6 is 0 Å². The molecule has 0 spiro atoms. The van der Waals surface area contributed by atoms with Crippen molar-refractivity contribution in [3.8, 4) is 5.75 Å². The van der Waals surface area contributed by atoms with E-state index in [0.29, 0.717) is 12.3 Å². The maximum Gasteiger partial charge on any atom is 0.266 e. The van der Waals surface area contributed by atoms with Crippen molar-refractivity contribution in [2.24, 2.45) is 11.7 Å². The first-order chi connectivity index (χ1) is 12.6.